The Balaban J connectivity index is -0.000000135. The van der Waals surface area contributed by atoms with Crippen LogP contribution in [0.15, 0.2) is 12.2 Å². The Labute approximate surface area is 97.2 Å². The fourth-order valence-electron chi connectivity index (χ4n) is 0.330. The quantitative estimate of drug-likeness (QED) is 0.384. The second-order valence-corrected chi connectivity index (χ2v) is 1.42. The van der Waals surface area contributed by atoms with Gasteiger partial charge in [0.15, 0.2) is 0 Å². The van der Waals surface area contributed by atoms with Gasteiger partial charge in [-0.1, -0.05) is 0 Å². The Morgan fingerprint density at radius 1 is 1.55 bits per heavy atom. The third kappa shape index (κ3) is 9.94. The average Bonchev–Trinajstić information content (AvgIpc) is 1.85. The van der Waals surface area contributed by atoms with Crippen molar-refractivity contribution in [2.75, 3.05) is 6.61 Å². The summed E-state index contributed by atoms with van der Waals surface area (Å²) in [4.78, 5) is 20.2. The van der Waals surface area contributed by atoms with E-state index >= 15 is 0 Å². The number of carboxylic acid groups (broad SMARTS) is 1. The van der Waals surface area contributed by atoms with Crippen LogP contribution in [0, 0.1) is 0 Å². The molecule has 0 atom stereocenters. The molecule has 1 N–H and O–H groups in total. The van der Waals surface area contributed by atoms with Crippen LogP contribution in [0.25, 0.3) is 0 Å². The normalized spacial score (nSPS) is 8.82. The fraction of sp³-hybridized carbons (Fsp3) is 0.333. The van der Waals surface area contributed by atoms with Gasteiger partial charge in [0.05, 0.1) is 6.61 Å². The van der Waals surface area contributed by atoms with E-state index in [2.05, 4.69) is 4.74 Å². The molecule has 0 bridgehead atoms. The van der Waals surface area contributed by atoms with Gasteiger partial charge in [0.2, 0.25) is 0 Å². The van der Waals surface area contributed by atoms with Crippen molar-refractivity contribution in [3.63, 3.8) is 0 Å². The summed E-state index contributed by atoms with van der Waals surface area (Å²) < 4.78 is 4.40. The van der Waals surface area contributed by atoms with Gasteiger partial charge in [-0.05, 0) is 6.92 Å². The molecule has 0 rings (SSSR count). The van der Waals surface area contributed by atoms with Crippen LogP contribution in [0.5, 0.6) is 0 Å². The zero-order chi connectivity index (χ0) is 7.98. The number of carboxylic acids is 1. The van der Waals surface area contributed by atoms with Gasteiger partial charge in [0.1, 0.15) is 0 Å². The number of hydrogen-bond acceptors (Lipinski definition) is 3. The molecule has 0 aliphatic heterocycles. The number of carbonyl (C=O) groups is 2. The van der Waals surface area contributed by atoms with E-state index in [-0.39, 0.29) is 47.2 Å². The molecule has 4 nitrogen and oxygen atoms in total. The summed E-state index contributed by atoms with van der Waals surface area (Å²) in [6.07, 6.45) is 1.60. The molecule has 0 aliphatic carbocycles. The van der Waals surface area contributed by atoms with Crippen molar-refractivity contribution in [2.24, 2.45) is 0 Å². The first-order chi connectivity index (χ1) is 4.66. The Morgan fingerprint density at radius 3 is 2.45 bits per heavy atom. The van der Waals surface area contributed by atoms with E-state index in [0.717, 1.165) is 12.2 Å². The molecule has 0 saturated carbocycles. The monoisotopic (exact) mass is 186 g/mol. The molecule has 0 fully saturated rings. The van der Waals surface area contributed by atoms with Gasteiger partial charge in [-0.3, -0.25) is 0 Å². The maximum absolute atomic E-state index is 10.4. The molecule has 0 aromatic carbocycles. The van der Waals surface area contributed by atoms with E-state index < -0.39 is 11.9 Å². The van der Waals surface area contributed by atoms with E-state index in [9.17, 15) is 9.59 Å². The smallest absolute Gasteiger partial charge is 1.00 e. The third-order valence-electron chi connectivity index (χ3n) is 0.649. The minimum atomic E-state index is -1.16. The maximum Gasteiger partial charge on any atom is 2.00 e. The molecule has 0 radical (unpaired) electrons. The number of carbonyl (C=O) groups excluding carboxylic acids is 1. The van der Waals surface area contributed by atoms with E-state index in [1.807, 2.05) is 0 Å². The largest absolute Gasteiger partial charge is 2.00 e. The standard InChI is InChI=1S/C6H8O4.Ca.2H/c1-2-10-6(9)4-3-5(7)8;;;/h3-4H,2H2,1H3,(H,7,8);;;/q;+2;2*-1/b4-3+;;;. The number of esters is 1. The van der Waals surface area contributed by atoms with E-state index in [1.54, 1.807) is 6.92 Å². The molecule has 0 spiro atoms. The Morgan fingerprint density at radius 2 is 2.09 bits per heavy atom. The van der Waals surface area contributed by atoms with Crippen molar-refractivity contribution in [2.45, 2.75) is 6.92 Å². The zero-order valence-electron chi connectivity index (χ0n) is 8.24. The zero-order valence-corrected chi connectivity index (χ0v) is 8.45. The Kier molecular flexibility index (Phi) is 9.89. The second-order valence-electron chi connectivity index (χ2n) is 1.42. The van der Waals surface area contributed by atoms with E-state index in [0.29, 0.717) is 0 Å². The van der Waals surface area contributed by atoms with Gasteiger partial charge < -0.3 is 12.7 Å². The first kappa shape index (κ1) is 13.5. The minimum absolute atomic E-state index is 0. The summed E-state index contributed by atoms with van der Waals surface area (Å²) in [7, 11) is 0. The average molecular weight is 186 g/mol. The van der Waals surface area contributed by atoms with Crippen molar-refractivity contribution in [3.8, 4) is 0 Å². The Hall–Kier alpha value is -0.0603. The van der Waals surface area contributed by atoms with Gasteiger partial charge in [0, 0.05) is 12.2 Å². The molecule has 0 heterocycles. The number of ether oxygens (including phenoxy) is 1. The second kappa shape index (κ2) is 8.04. The number of hydrogen-bond donors (Lipinski definition) is 1. The van der Waals surface area contributed by atoms with Crippen molar-refractivity contribution in [3.05, 3.63) is 12.2 Å². The predicted octanol–water partition coefficient (Wildman–Crippen LogP) is 0.0345. The molecule has 0 aliphatic rings. The van der Waals surface area contributed by atoms with E-state index in [4.69, 9.17) is 5.11 Å². The van der Waals surface area contributed by atoms with Crippen LogP contribution in [0.3, 0.4) is 0 Å². The van der Waals surface area contributed by atoms with Crippen LogP contribution < -0.4 is 0 Å². The fourth-order valence-corrected chi connectivity index (χ4v) is 0.330. The summed E-state index contributed by atoms with van der Waals surface area (Å²) in [5, 5.41) is 8.04. The molecular weight excluding hydrogens is 176 g/mol. The van der Waals surface area contributed by atoms with Crippen LogP contribution in [-0.4, -0.2) is 61.4 Å². The van der Waals surface area contributed by atoms with Crippen LogP contribution in [-0.2, 0) is 14.3 Å². The summed E-state index contributed by atoms with van der Waals surface area (Å²) in [6, 6.07) is 0. The molecule has 5 heteroatoms. The molecule has 0 saturated heterocycles. The minimum Gasteiger partial charge on any atom is -1.00 e. The number of rotatable bonds is 3. The molecule has 11 heavy (non-hydrogen) atoms. The van der Waals surface area contributed by atoms with Gasteiger partial charge in [-0.2, -0.15) is 0 Å². The Bertz CT molecular complexity index is 172. The van der Waals surface area contributed by atoms with Crippen molar-refractivity contribution >= 4 is 49.7 Å². The molecular formula is C6H10CaO4. The summed E-state index contributed by atoms with van der Waals surface area (Å²) in [6.45, 7) is 1.90. The van der Waals surface area contributed by atoms with Crippen molar-refractivity contribution < 1.29 is 22.3 Å². The van der Waals surface area contributed by atoms with Gasteiger partial charge in [-0.25, -0.2) is 9.59 Å². The summed E-state index contributed by atoms with van der Waals surface area (Å²) in [5.74, 6) is -1.79. The van der Waals surface area contributed by atoms with Crippen LogP contribution in [0.2, 0.25) is 0 Å². The van der Waals surface area contributed by atoms with Crippen LogP contribution >= 0.6 is 0 Å². The van der Waals surface area contributed by atoms with Gasteiger partial charge in [0.25, 0.3) is 0 Å². The van der Waals surface area contributed by atoms with Gasteiger partial charge >= 0.3 is 49.7 Å². The topological polar surface area (TPSA) is 63.6 Å². The SMILES string of the molecule is CCOC(=O)/C=C/C(=O)O.[Ca+2].[H-].[H-]. The van der Waals surface area contributed by atoms with Crippen molar-refractivity contribution in [1.82, 2.24) is 0 Å². The van der Waals surface area contributed by atoms with Crippen molar-refractivity contribution in [1.29, 1.82) is 0 Å². The first-order valence-corrected chi connectivity index (χ1v) is 2.74. The van der Waals surface area contributed by atoms with Crippen LogP contribution in [0.1, 0.15) is 9.78 Å². The molecule has 0 unspecified atom stereocenters. The summed E-state index contributed by atoms with van der Waals surface area (Å²) >= 11 is 0. The molecule has 60 valence electrons. The van der Waals surface area contributed by atoms with E-state index in [1.165, 1.54) is 0 Å². The summed E-state index contributed by atoms with van der Waals surface area (Å²) in [5.41, 5.74) is 0. The predicted molar refractivity (Wildman–Crippen MR) is 41.4 cm³/mol. The number of aliphatic carboxylic acids is 1. The van der Waals surface area contributed by atoms with Gasteiger partial charge in [-0.15, -0.1) is 0 Å². The molecule has 0 aromatic rings. The third-order valence-corrected chi connectivity index (χ3v) is 0.649. The molecule has 0 aromatic heterocycles. The molecule has 0 amide bonds. The maximum atomic E-state index is 10.4. The van der Waals surface area contributed by atoms with Crippen LogP contribution in [0.4, 0.5) is 0 Å². The first-order valence-electron chi connectivity index (χ1n) is 2.74.